The largest absolute Gasteiger partial charge is 0.390 e. The second-order valence-electron chi connectivity index (χ2n) is 7.20. The molecule has 0 aromatic carbocycles. The van der Waals surface area contributed by atoms with Gasteiger partial charge in [0, 0.05) is 23.5 Å². The van der Waals surface area contributed by atoms with Gasteiger partial charge in [-0.25, -0.2) is 4.79 Å². The first-order valence-electron chi connectivity index (χ1n) is 8.33. The Labute approximate surface area is 147 Å². The third kappa shape index (κ3) is 3.20. The summed E-state index contributed by atoms with van der Waals surface area (Å²) in [6, 6.07) is 0.986. The summed E-state index contributed by atoms with van der Waals surface area (Å²) in [5, 5.41) is 11.4. The van der Waals surface area contributed by atoms with Crippen molar-refractivity contribution in [3.63, 3.8) is 0 Å². The Morgan fingerprint density at radius 1 is 1.54 bits per heavy atom. The molecule has 0 aliphatic carbocycles. The van der Waals surface area contributed by atoms with Crippen LogP contribution in [-0.2, 0) is 4.74 Å². The lowest BCUT2D eigenvalue weighted by molar-refractivity contribution is -0.0137. The third-order valence-electron chi connectivity index (χ3n) is 5.10. The van der Waals surface area contributed by atoms with Crippen LogP contribution in [0.3, 0.4) is 0 Å². The van der Waals surface area contributed by atoms with E-state index >= 15 is 0 Å². The van der Waals surface area contributed by atoms with Crippen molar-refractivity contribution in [1.29, 1.82) is 0 Å². The van der Waals surface area contributed by atoms with E-state index in [4.69, 9.17) is 17.0 Å². The molecule has 134 valence electrons. The van der Waals surface area contributed by atoms with E-state index in [1.54, 1.807) is 12.3 Å². The number of aliphatic hydroxyl groups is 1. The van der Waals surface area contributed by atoms with Gasteiger partial charge in [0.15, 0.2) is 0 Å². The summed E-state index contributed by atoms with van der Waals surface area (Å²) in [5.41, 5.74) is -0.514. The number of nitrogens with zero attached hydrogens (tertiary/aromatic N) is 1. The standard InChI is InChI=1S/C16H26N2O4SSi/c1-5-6-7-24(3,4)16(10-23)12(19)8-13(22-16)18-9-11(2)14(20)17-15(18)21/h9-10,12-13,19H,5-8H2,1-4H3,(H,17,20,21)/t12-,13+,16-/m0/s1. The third-order valence-corrected chi connectivity index (χ3v) is 9.97. The molecule has 1 aromatic rings. The first-order valence-corrected chi connectivity index (χ1v) is 12.0. The lowest BCUT2D eigenvalue weighted by atomic mass is 10.2. The number of aryl methyl sites for hydroxylation is 1. The van der Waals surface area contributed by atoms with Gasteiger partial charge in [0.05, 0.1) is 14.2 Å². The van der Waals surface area contributed by atoms with Crippen LogP contribution in [-0.4, -0.2) is 39.4 Å². The summed E-state index contributed by atoms with van der Waals surface area (Å²) in [6.45, 7) is 8.09. The minimum atomic E-state index is -2.04. The molecule has 24 heavy (non-hydrogen) atoms. The molecule has 0 amide bonds. The van der Waals surface area contributed by atoms with Gasteiger partial charge >= 0.3 is 5.69 Å². The van der Waals surface area contributed by atoms with Crippen LogP contribution in [0.25, 0.3) is 0 Å². The Morgan fingerprint density at radius 3 is 2.79 bits per heavy atom. The molecule has 1 aliphatic heterocycles. The van der Waals surface area contributed by atoms with Crippen LogP contribution in [0.5, 0.6) is 0 Å². The van der Waals surface area contributed by atoms with Gasteiger partial charge in [-0.3, -0.25) is 14.3 Å². The smallest absolute Gasteiger partial charge is 0.330 e. The van der Waals surface area contributed by atoms with E-state index in [9.17, 15) is 14.7 Å². The van der Waals surface area contributed by atoms with E-state index in [1.165, 1.54) is 10.8 Å². The number of ether oxygens (including phenoxy) is 1. The van der Waals surface area contributed by atoms with Gasteiger partial charge in [-0.05, 0) is 6.92 Å². The first kappa shape index (κ1) is 19.2. The molecule has 0 spiro atoms. The van der Waals surface area contributed by atoms with Gasteiger partial charge in [-0.15, -0.1) is 0 Å². The molecule has 2 heterocycles. The fraction of sp³-hybridized carbons (Fsp3) is 0.688. The molecular formula is C16H26N2O4SSi. The van der Waals surface area contributed by atoms with Gasteiger partial charge < -0.3 is 9.84 Å². The molecule has 0 radical (unpaired) electrons. The number of rotatable bonds is 6. The van der Waals surface area contributed by atoms with E-state index in [2.05, 4.69) is 25.0 Å². The molecule has 2 rings (SSSR count). The van der Waals surface area contributed by atoms with Crippen LogP contribution < -0.4 is 11.2 Å². The molecule has 0 unspecified atom stereocenters. The first-order chi connectivity index (χ1) is 11.2. The Bertz CT molecular complexity index is 730. The van der Waals surface area contributed by atoms with Gasteiger partial charge in [0.2, 0.25) is 0 Å². The fourth-order valence-corrected chi connectivity index (χ4v) is 7.97. The van der Waals surface area contributed by atoms with Gasteiger partial charge in [-0.1, -0.05) is 51.1 Å². The van der Waals surface area contributed by atoms with Crippen molar-refractivity contribution >= 4 is 25.7 Å². The second kappa shape index (κ2) is 7.03. The lowest BCUT2D eigenvalue weighted by Gasteiger charge is -2.41. The highest BCUT2D eigenvalue weighted by Crippen LogP contribution is 2.43. The quantitative estimate of drug-likeness (QED) is 0.590. The second-order valence-corrected chi connectivity index (χ2v) is 12.5. The number of H-pyrrole nitrogens is 1. The topological polar surface area (TPSA) is 84.3 Å². The number of aliphatic hydroxyl groups excluding tert-OH is 1. The number of hydrogen-bond acceptors (Lipinski definition) is 5. The van der Waals surface area contributed by atoms with Crippen molar-refractivity contribution in [2.45, 2.75) is 69.8 Å². The summed E-state index contributed by atoms with van der Waals surface area (Å²) in [6.07, 6.45) is 2.51. The molecule has 1 aromatic heterocycles. The average molecular weight is 371 g/mol. The highest BCUT2D eigenvalue weighted by Gasteiger charge is 2.57. The van der Waals surface area contributed by atoms with Crippen LogP contribution >= 0.6 is 12.2 Å². The zero-order chi connectivity index (χ0) is 18.1. The Kier molecular flexibility index (Phi) is 5.63. The van der Waals surface area contributed by atoms with Crippen molar-refractivity contribution in [3.05, 3.63) is 32.6 Å². The van der Waals surface area contributed by atoms with E-state index in [-0.39, 0.29) is 6.42 Å². The fourth-order valence-electron chi connectivity index (χ4n) is 3.38. The predicted octanol–water partition coefficient (Wildman–Crippen LogP) is 1.91. The maximum Gasteiger partial charge on any atom is 0.330 e. The van der Waals surface area contributed by atoms with Crippen molar-refractivity contribution in [1.82, 2.24) is 9.55 Å². The van der Waals surface area contributed by atoms with Crippen molar-refractivity contribution in [2.24, 2.45) is 0 Å². The maximum atomic E-state index is 12.1. The molecule has 1 aliphatic rings. The lowest BCUT2D eigenvalue weighted by Crippen LogP contribution is -2.61. The van der Waals surface area contributed by atoms with E-state index in [0.29, 0.717) is 5.56 Å². The van der Waals surface area contributed by atoms with Crippen molar-refractivity contribution in [2.75, 3.05) is 0 Å². The van der Waals surface area contributed by atoms with Crippen LogP contribution in [0.4, 0.5) is 0 Å². The minimum Gasteiger partial charge on any atom is -0.390 e. The summed E-state index contributed by atoms with van der Waals surface area (Å²) in [4.78, 5) is 26.0. The molecule has 2 N–H and O–H groups in total. The number of thiocarbonyl (C=S) groups is 1. The monoisotopic (exact) mass is 370 g/mol. The maximum absolute atomic E-state index is 12.1. The zero-order valence-electron chi connectivity index (χ0n) is 14.7. The summed E-state index contributed by atoms with van der Waals surface area (Å²) >= 11 is 5.26. The number of aromatic amines is 1. The Morgan fingerprint density at radius 2 is 2.21 bits per heavy atom. The number of unbranched alkanes of at least 4 members (excludes halogenated alkanes) is 1. The van der Waals surface area contributed by atoms with E-state index in [0.717, 1.165) is 18.9 Å². The molecule has 0 saturated carbocycles. The average Bonchev–Trinajstić information content (AvgIpc) is 2.87. The number of nitrogens with one attached hydrogen (secondary N) is 1. The van der Waals surface area contributed by atoms with Gasteiger partial charge in [0.1, 0.15) is 11.5 Å². The highest BCUT2D eigenvalue weighted by molar-refractivity contribution is 7.79. The van der Waals surface area contributed by atoms with Crippen LogP contribution in [0.15, 0.2) is 15.8 Å². The summed E-state index contributed by atoms with van der Waals surface area (Å²) < 4.78 is 7.58. The molecule has 1 saturated heterocycles. The molecule has 1 fully saturated rings. The summed E-state index contributed by atoms with van der Waals surface area (Å²) in [5.74, 6) is 0. The van der Waals surface area contributed by atoms with E-state index in [1.807, 2.05) is 0 Å². The molecule has 8 heteroatoms. The Balaban J connectivity index is 2.40. The van der Waals surface area contributed by atoms with Gasteiger partial charge in [-0.2, -0.15) is 0 Å². The zero-order valence-corrected chi connectivity index (χ0v) is 16.5. The Hall–Kier alpha value is -1.09. The van der Waals surface area contributed by atoms with Crippen LogP contribution in [0, 0.1) is 6.92 Å². The predicted molar refractivity (Wildman–Crippen MR) is 100 cm³/mol. The van der Waals surface area contributed by atoms with E-state index < -0.39 is 36.9 Å². The molecule has 3 atom stereocenters. The highest BCUT2D eigenvalue weighted by atomic mass is 32.1. The molecule has 6 nitrogen and oxygen atoms in total. The molecule has 0 bridgehead atoms. The molecular weight excluding hydrogens is 344 g/mol. The van der Waals surface area contributed by atoms with Crippen LogP contribution in [0.1, 0.15) is 38.0 Å². The van der Waals surface area contributed by atoms with Gasteiger partial charge in [0.25, 0.3) is 5.56 Å². The van der Waals surface area contributed by atoms with Crippen LogP contribution in [0.2, 0.25) is 19.1 Å². The van der Waals surface area contributed by atoms with Crippen molar-refractivity contribution in [3.8, 4) is 0 Å². The normalized spacial score (nSPS) is 27.4. The minimum absolute atomic E-state index is 0.279. The SMILES string of the molecule is CCCC[Si](C)(C)[C@]1(C=S)O[C@@H](n2cc(C)c(=O)[nH]c2=O)C[C@@H]1O. The number of hydrogen-bond donors (Lipinski definition) is 2. The number of aromatic nitrogens is 2. The van der Waals surface area contributed by atoms with Crippen molar-refractivity contribution < 1.29 is 9.84 Å². The summed E-state index contributed by atoms with van der Waals surface area (Å²) in [7, 11) is -2.04.